The average Bonchev–Trinajstić information content (AvgIpc) is 3.21. The van der Waals surface area contributed by atoms with Gasteiger partial charge in [0.05, 0.1) is 11.4 Å². The first-order chi connectivity index (χ1) is 12.7. The van der Waals surface area contributed by atoms with Crippen molar-refractivity contribution in [2.45, 2.75) is 110 Å². The molecule has 0 saturated carbocycles. The fourth-order valence-electron chi connectivity index (χ4n) is 2.93. The van der Waals surface area contributed by atoms with Crippen LogP contribution in [0.5, 0.6) is 0 Å². The quantitative estimate of drug-likeness (QED) is 0.555. The molecule has 0 unspecified atom stereocenters. The Morgan fingerprint density at radius 3 is 1.22 bits per heavy atom. The van der Waals surface area contributed by atoms with Crippen LogP contribution in [0.4, 0.5) is 0 Å². The summed E-state index contributed by atoms with van der Waals surface area (Å²) in [5.74, 6) is 0. The molecule has 2 aromatic rings. The highest BCUT2D eigenvalue weighted by Gasteiger charge is 2.18. The summed E-state index contributed by atoms with van der Waals surface area (Å²) in [5.41, 5.74) is 2.31. The summed E-state index contributed by atoms with van der Waals surface area (Å²) < 4.78 is 3.98. The molecule has 6 nitrogen and oxygen atoms in total. The lowest BCUT2D eigenvalue weighted by Gasteiger charge is -2.12. The molecule has 0 fully saturated rings. The highest BCUT2D eigenvalue weighted by atomic mass is 15.4. The lowest BCUT2D eigenvalue weighted by molar-refractivity contribution is 0.494. The van der Waals surface area contributed by atoms with Crippen LogP contribution in [0, 0.1) is 0 Å². The van der Waals surface area contributed by atoms with Crippen molar-refractivity contribution in [1.82, 2.24) is 30.0 Å². The van der Waals surface area contributed by atoms with Gasteiger partial charge in [-0.25, -0.2) is 0 Å². The number of nitrogens with zero attached hydrogens (tertiary/aromatic N) is 6. The second kappa shape index (κ2) is 9.47. The topological polar surface area (TPSA) is 61.4 Å². The van der Waals surface area contributed by atoms with Crippen molar-refractivity contribution in [2.75, 3.05) is 0 Å². The number of unbranched alkanes of at least 4 members (excludes halogenated alkanes) is 6. The summed E-state index contributed by atoms with van der Waals surface area (Å²) in [4.78, 5) is 0. The van der Waals surface area contributed by atoms with Gasteiger partial charge >= 0.3 is 0 Å². The zero-order valence-corrected chi connectivity index (χ0v) is 18.2. The lowest BCUT2D eigenvalue weighted by Crippen LogP contribution is -2.11. The third-order valence-electron chi connectivity index (χ3n) is 4.89. The van der Waals surface area contributed by atoms with Gasteiger partial charge in [0.1, 0.15) is 0 Å². The molecule has 0 aromatic carbocycles. The Labute approximate surface area is 164 Å². The maximum atomic E-state index is 4.28. The first-order valence-corrected chi connectivity index (χ1v) is 10.5. The molecule has 27 heavy (non-hydrogen) atoms. The summed E-state index contributed by atoms with van der Waals surface area (Å²) in [6.45, 7) is 15.0. The van der Waals surface area contributed by atoms with Gasteiger partial charge in [-0.1, -0.05) is 84.1 Å². The zero-order valence-electron chi connectivity index (χ0n) is 18.2. The normalized spacial score (nSPS) is 12.7. The zero-order chi connectivity index (χ0) is 19.9. The van der Waals surface area contributed by atoms with Gasteiger partial charge in [-0.3, -0.25) is 9.36 Å². The first-order valence-electron chi connectivity index (χ1n) is 10.5. The van der Waals surface area contributed by atoms with Gasteiger partial charge < -0.3 is 0 Å². The van der Waals surface area contributed by atoms with Crippen molar-refractivity contribution < 1.29 is 0 Å². The van der Waals surface area contributed by atoms with E-state index in [-0.39, 0.29) is 10.8 Å². The van der Waals surface area contributed by atoms with E-state index >= 15 is 0 Å². The van der Waals surface area contributed by atoms with Gasteiger partial charge in [-0.05, 0) is 12.8 Å². The summed E-state index contributed by atoms with van der Waals surface area (Å²) in [6, 6.07) is 0. The van der Waals surface area contributed by atoms with E-state index in [2.05, 4.69) is 74.6 Å². The van der Waals surface area contributed by atoms with Gasteiger partial charge in [0, 0.05) is 36.3 Å². The standard InChI is InChI=1S/C21H38N6/c1-20(2,3)18-16-26(24-22-18)14-12-10-8-7-9-11-13-15-27-17-19(23-25-27)21(4,5)6/h16-17H,7-15H2,1-6H3. The van der Waals surface area contributed by atoms with Crippen molar-refractivity contribution in [1.29, 1.82) is 0 Å². The van der Waals surface area contributed by atoms with Crippen LogP contribution in [-0.4, -0.2) is 30.0 Å². The predicted molar refractivity (Wildman–Crippen MR) is 110 cm³/mol. The Bertz CT molecular complexity index is 613. The van der Waals surface area contributed by atoms with Crippen LogP contribution in [0.15, 0.2) is 12.4 Å². The van der Waals surface area contributed by atoms with Crippen LogP contribution in [0.1, 0.15) is 97.9 Å². The fraction of sp³-hybridized carbons (Fsp3) is 0.810. The highest BCUT2D eigenvalue weighted by Crippen LogP contribution is 2.20. The molecular formula is C21H38N6. The van der Waals surface area contributed by atoms with Gasteiger partial charge in [0.15, 0.2) is 0 Å². The molecule has 0 bridgehead atoms. The molecule has 0 atom stereocenters. The molecule has 0 aliphatic rings. The molecule has 0 aliphatic heterocycles. The highest BCUT2D eigenvalue weighted by molar-refractivity contribution is 5.06. The second-order valence-electron chi connectivity index (χ2n) is 9.71. The lowest BCUT2D eigenvalue weighted by atomic mass is 9.93. The van der Waals surface area contributed by atoms with E-state index < -0.39 is 0 Å². The SMILES string of the molecule is CC(C)(C)c1cn(CCCCCCCCCn2cc(C(C)(C)C)nn2)nn1. The minimum atomic E-state index is 0.0821. The fourth-order valence-corrected chi connectivity index (χ4v) is 2.93. The molecule has 0 spiro atoms. The van der Waals surface area contributed by atoms with Crippen molar-refractivity contribution in [2.24, 2.45) is 0 Å². The first kappa shape index (κ1) is 21.6. The van der Waals surface area contributed by atoms with E-state index in [0.29, 0.717) is 0 Å². The molecule has 0 amide bonds. The number of rotatable bonds is 10. The van der Waals surface area contributed by atoms with Gasteiger partial charge in [-0.2, -0.15) is 0 Å². The number of hydrogen-bond acceptors (Lipinski definition) is 4. The maximum absolute atomic E-state index is 4.28. The summed E-state index contributed by atoms with van der Waals surface area (Å²) in [5, 5.41) is 17.0. The Kier molecular flexibility index (Phi) is 7.57. The van der Waals surface area contributed by atoms with Crippen molar-refractivity contribution >= 4 is 0 Å². The van der Waals surface area contributed by atoms with Crippen molar-refractivity contribution in [3.63, 3.8) is 0 Å². The van der Waals surface area contributed by atoms with E-state index in [0.717, 1.165) is 24.5 Å². The Morgan fingerprint density at radius 2 is 0.926 bits per heavy atom. The summed E-state index contributed by atoms with van der Waals surface area (Å²) >= 11 is 0. The molecule has 0 aliphatic carbocycles. The molecule has 2 aromatic heterocycles. The number of aryl methyl sites for hydroxylation is 2. The largest absolute Gasteiger partial charge is 0.252 e. The molecule has 0 N–H and O–H groups in total. The summed E-state index contributed by atoms with van der Waals surface area (Å²) in [7, 11) is 0. The van der Waals surface area contributed by atoms with Crippen LogP contribution in [-0.2, 0) is 23.9 Å². The Balaban J connectivity index is 1.49. The molecule has 0 saturated heterocycles. The monoisotopic (exact) mass is 374 g/mol. The van der Waals surface area contributed by atoms with Gasteiger partial charge in [0.25, 0.3) is 0 Å². The Morgan fingerprint density at radius 1 is 0.593 bits per heavy atom. The third kappa shape index (κ3) is 7.43. The van der Waals surface area contributed by atoms with E-state index in [1.54, 1.807) is 0 Å². The minimum absolute atomic E-state index is 0.0821. The molecule has 0 radical (unpaired) electrons. The van der Waals surface area contributed by atoms with E-state index in [4.69, 9.17) is 0 Å². The van der Waals surface area contributed by atoms with Crippen molar-refractivity contribution in [3.05, 3.63) is 23.8 Å². The molecule has 152 valence electrons. The summed E-state index contributed by atoms with van der Waals surface area (Å²) in [6.07, 6.45) is 13.0. The molecule has 2 rings (SSSR count). The van der Waals surface area contributed by atoms with Crippen LogP contribution < -0.4 is 0 Å². The molecular weight excluding hydrogens is 336 g/mol. The number of aromatic nitrogens is 6. The third-order valence-corrected chi connectivity index (χ3v) is 4.89. The Hall–Kier alpha value is -1.72. The minimum Gasteiger partial charge on any atom is -0.252 e. The van der Waals surface area contributed by atoms with Crippen molar-refractivity contribution in [3.8, 4) is 0 Å². The van der Waals surface area contributed by atoms with Crippen LogP contribution in [0.25, 0.3) is 0 Å². The average molecular weight is 375 g/mol. The maximum Gasteiger partial charge on any atom is 0.0880 e. The van der Waals surface area contributed by atoms with Gasteiger partial charge in [-0.15, -0.1) is 10.2 Å². The molecule has 2 heterocycles. The second-order valence-corrected chi connectivity index (χ2v) is 9.71. The molecule has 6 heteroatoms. The predicted octanol–water partition coefficient (Wildman–Crippen LogP) is 4.90. The van der Waals surface area contributed by atoms with Crippen LogP contribution >= 0.6 is 0 Å². The smallest absolute Gasteiger partial charge is 0.0880 e. The van der Waals surface area contributed by atoms with E-state index in [1.165, 1.54) is 44.9 Å². The number of hydrogen-bond donors (Lipinski definition) is 0. The van der Waals surface area contributed by atoms with E-state index in [1.807, 2.05) is 9.36 Å². The van der Waals surface area contributed by atoms with Crippen LogP contribution in [0.2, 0.25) is 0 Å². The van der Waals surface area contributed by atoms with Gasteiger partial charge in [0.2, 0.25) is 0 Å². The van der Waals surface area contributed by atoms with E-state index in [9.17, 15) is 0 Å². The van der Waals surface area contributed by atoms with Crippen LogP contribution in [0.3, 0.4) is 0 Å².